The standard InChI is InChI=1S/C23H34N4O2/c1-3-4-5-8-18(2)25-22(28)17-26-11-13-27(14-12-26)23(29)15-19-16-24-21-10-7-6-9-20(19)21/h6-7,9-10,16,18,24H,3-5,8,11-15,17H2,1-2H3,(H,25,28). The number of carbonyl (C=O) groups excluding carboxylic acids is 2. The lowest BCUT2D eigenvalue weighted by molar-refractivity contribution is -0.132. The number of carbonyl (C=O) groups is 2. The van der Waals surface area contributed by atoms with Gasteiger partial charge in [0.1, 0.15) is 0 Å². The highest BCUT2D eigenvalue weighted by Gasteiger charge is 2.23. The zero-order valence-corrected chi connectivity index (χ0v) is 17.7. The first-order valence-electron chi connectivity index (χ1n) is 10.9. The van der Waals surface area contributed by atoms with E-state index in [1.54, 1.807) is 0 Å². The van der Waals surface area contributed by atoms with Crippen molar-refractivity contribution in [3.63, 3.8) is 0 Å². The lowest BCUT2D eigenvalue weighted by atomic mass is 10.1. The number of unbranched alkanes of at least 4 members (excludes halogenated alkanes) is 2. The zero-order chi connectivity index (χ0) is 20.6. The van der Waals surface area contributed by atoms with Crippen LogP contribution in [-0.2, 0) is 16.0 Å². The van der Waals surface area contributed by atoms with Crippen LogP contribution in [0.25, 0.3) is 10.9 Å². The number of rotatable bonds is 9. The molecule has 6 nitrogen and oxygen atoms in total. The summed E-state index contributed by atoms with van der Waals surface area (Å²) in [5.74, 6) is 0.246. The Morgan fingerprint density at radius 2 is 1.90 bits per heavy atom. The van der Waals surface area contributed by atoms with Crippen molar-refractivity contribution in [3.05, 3.63) is 36.0 Å². The summed E-state index contributed by atoms with van der Waals surface area (Å²) >= 11 is 0. The van der Waals surface area contributed by atoms with Crippen LogP contribution >= 0.6 is 0 Å². The summed E-state index contributed by atoms with van der Waals surface area (Å²) in [5, 5.41) is 4.22. The number of H-pyrrole nitrogens is 1. The van der Waals surface area contributed by atoms with Crippen molar-refractivity contribution in [1.82, 2.24) is 20.1 Å². The van der Waals surface area contributed by atoms with Gasteiger partial charge in [0.2, 0.25) is 11.8 Å². The van der Waals surface area contributed by atoms with E-state index in [0.717, 1.165) is 42.4 Å². The highest BCUT2D eigenvalue weighted by atomic mass is 16.2. The Balaban J connectivity index is 1.40. The second-order valence-electron chi connectivity index (χ2n) is 8.16. The van der Waals surface area contributed by atoms with E-state index in [-0.39, 0.29) is 17.9 Å². The Kier molecular flexibility index (Phi) is 7.69. The van der Waals surface area contributed by atoms with Gasteiger partial charge in [-0.05, 0) is 25.0 Å². The van der Waals surface area contributed by atoms with E-state index in [4.69, 9.17) is 0 Å². The molecule has 1 aromatic carbocycles. The number of nitrogens with one attached hydrogen (secondary N) is 2. The van der Waals surface area contributed by atoms with E-state index in [1.807, 2.05) is 35.4 Å². The fourth-order valence-corrected chi connectivity index (χ4v) is 4.00. The van der Waals surface area contributed by atoms with Crippen molar-refractivity contribution in [2.45, 2.75) is 52.0 Å². The summed E-state index contributed by atoms with van der Waals surface area (Å²) in [4.78, 5) is 32.3. The smallest absolute Gasteiger partial charge is 0.234 e. The summed E-state index contributed by atoms with van der Waals surface area (Å²) in [6.45, 7) is 7.54. The molecule has 2 N–H and O–H groups in total. The molecule has 29 heavy (non-hydrogen) atoms. The van der Waals surface area contributed by atoms with E-state index in [2.05, 4.69) is 29.0 Å². The van der Waals surface area contributed by atoms with Crippen LogP contribution in [-0.4, -0.2) is 65.4 Å². The van der Waals surface area contributed by atoms with E-state index in [9.17, 15) is 9.59 Å². The topological polar surface area (TPSA) is 68.4 Å². The van der Waals surface area contributed by atoms with Crippen molar-refractivity contribution >= 4 is 22.7 Å². The highest BCUT2D eigenvalue weighted by Crippen LogP contribution is 2.19. The van der Waals surface area contributed by atoms with Gasteiger partial charge in [-0.3, -0.25) is 14.5 Å². The maximum absolute atomic E-state index is 12.7. The predicted molar refractivity (Wildman–Crippen MR) is 117 cm³/mol. The van der Waals surface area contributed by atoms with Crippen molar-refractivity contribution in [1.29, 1.82) is 0 Å². The Morgan fingerprint density at radius 3 is 2.66 bits per heavy atom. The van der Waals surface area contributed by atoms with Crippen LogP contribution in [0.15, 0.2) is 30.5 Å². The first-order valence-corrected chi connectivity index (χ1v) is 10.9. The molecule has 0 saturated carbocycles. The van der Waals surface area contributed by atoms with Crippen LogP contribution in [0, 0.1) is 0 Å². The maximum atomic E-state index is 12.7. The largest absolute Gasteiger partial charge is 0.361 e. The second-order valence-corrected chi connectivity index (χ2v) is 8.16. The van der Waals surface area contributed by atoms with Gasteiger partial charge in [0.05, 0.1) is 13.0 Å². The number of piperazine rings is 1. The normalized spacial score (nSPS) is 16.1. The minimum Gasteiger partial charge on any atom is -0.361 e. The minimum atomic E-state index is 0.0903. The third-order valence-electron chi connectivity index (χ3n) is 5.76. The first-order chi connectivity index (χ1) is 14.1. The number of benzene rings is 1. The Morgan fingerprint density at radius 1 is 1.14 bits per heavy atom. The van der Waals surface area contributed by atoms with E-state index in [0.29, 0.717) is 26.1 Å². The molecule has 6 heteroatoms. The van der Waals surface area contributed by atoms with Crippen LogP contribution in [0.2, 0.25) is 0 Å². The molecule has 3 rings (SSSR count). The van der Waals surface area contributed by atoms with Gasteiger partial charge in [-0.15, -0.1) is 0 Å². The lowest BCUT2D eigenvalue weighted by Crippen LogP contribution is -2.52. The molecule has 1 atom stereocenters. The molecule has 0 radical (unpaired) electrons. The average molecular weight is 399 g/mol. The zero-order valence-electron chi connectivity index (χ0n) is 17.7. The molecule has 0 spiro atoms. The molecule has 1 aliphatic rings. The quantitative estimate of drug-likeness (QED) is 0.638. The number of fused-ring (bicyclic) bond motifs is 1. The van der Waals surface area contributed by atoms with E-state index >= 15 is 0 Å². The van der Waals surface area contributed by atoms with Crippen molar-refractivity contribution in [2.75, 3.05) is 32.7 Å². The molecule has 2 aromatic rings. The number of hydrogen-bond donors (Lipinski definition) is 2. The van der Waals surface area contributed by atoms with Gasteiger partial charge < -0.3 is 15.2 Å². The Bertz CT molecular complexity index is 808. The fourth-order valence-electron chi connectivity index (χ4n) is 4.00. The number of para-hydroxylation sites is 1. The average Bonchev–Trinajstić information content (AvgIpc) is 3.11. The molecule has 1 saturated heterocycles. The van der Waals surface area contributed by atoms with E-state index < -0.39 is 0 Å². The SMILES string of the molecule is CCCCCC(C)NC(=O)CN1CCN(C(=O)Cc2c[nH]c3ccccc23)CC1. The molecule has 0 aliphatic carbocycles. The number of hydrogen-bond acceptors (Lipinski definition) is 3. The fraction of sp³-hybridized carbons (Fsp3) is 0.565. The lowest BCUT2D eigenvalue weighted by Gasteiger charge is -2.34. The van der Waals surface area contributed by atoms with Crippen molar-refractivity contribution < 1.29 is 9.59 Å². The van der Waals surface area contributed by atoms with Gasteiger partial charge in [-0.25, -0.2) is 0 Å². The molecule has 0 bridgehead atoms. The molecule has 1 aromatic heterocycles. The van der Waals surface area contributed by atoms with Gasteiger partial charge in [0, 0.05) is 49.3 Å². The number of aromatic amines is 1. The van der Waals surface area contributed by atoms with Crippen LogP contribution < -0.4 is 5.32 Å². The van der Waals surface area contributed by atoms with E-state index in [1.165, 1.54) is 12.8 Å². The van der Waals surface area contributed by atoms with Crippen molar-refractivity contribution in [2.24, 2.45) is 0 Å². The summed E-state index contributed by atoms with van der Waals surface area (Å²) in [6.07, 6.45) is 6.97. The molecule has 2 amide bonds. The minimum absolute atomic E-state index is 0.0903. The first kappa shape index (κ1) is 21.4. The second kappa shape index (κ2) is 10.4. The summed E-state index contributed by atoms with van der Waals surface area (Å²) in [6, 6.07) is 8.30. The molecule has 1 fully saturated rings. The molecule has 158 valence electrons. The third kappa shape index (κ3) is 6.07. The molecule has 2 heterocycles. The maximum Gasteiger partial charge on any atom is 0.234 e. The summed E-state index contributed by atoms with van der Waals surface area (Å²) in [5.41, 5.74) is 2.11. The van der Waals surface area contributed by atoms with Crippen LogP contribution in [0.1, 0.15) is 45.1 Å². The van der Waals surface area contributed by atoms with Crippen LogP contribution in [0.5, 0.6) is 0 Å². The number of amides is 2. The van der Waals surface area contributed by atoms with Crippen LogP contribution in [0.4, 0.5) is 0 Å². The summed E-state index contributed by atoms with van der Waals surface area (Å²) < 4.78 is 0. The van der Waals surface area contributed by atoms with Gasteiger partial charge in [0.25, 0.3) is 0 Å². The molecular formula is C23H34N4O2. The Labute approximate surface area is 173 Å². The van der Waals surface area contributed by atoms with Gasteiger partial charge >= 0.3 is 0 Å². The van der Waals surface area contributed by atoms with Gasteiger partial charge in [0.15, 0.2) is 0 Å². The Hall–Kier alpha value is -2.34. The molecular weight excluding hydrogens is 364 g/mol. The number of aromatic nitrogens is 1. The van der Waals surface area contributed by atoms with Crippen molar-refractivity contribution in [3.8, 4) is 0 Å². The molecule has 1 unspecified atom stereocenters. The number of nitrogens with zero attached hydrogens (tertiary/aromatic N) is 2. The van der Waals surface area contributed by atoms with Crippen LogP contribution in [0.3, 0.4) is 0 Å². The van der Waals surface area contributed by atoms with Gasteiger partial charge in [-0.2, -0.15) is 0 Å². The summed E-state index contributed by atoms with van der Waals surface area (Å²) in [7, 11) is 0. The predicted octanol–water partition coefficient (Wildman–Crippen LogP) is 2.94. The highest BCUT2D eigenvalue weighted by molar-refractivity contribution is 5.89. The third-order valence-corrected chi connectivity index (χ3v) is 5.76. The monoisotopic (exact) mass is 398 g/mol. The van der Waals surface area contributed by atoms with Gasteiger partial charge in [-0.1, -0.05) is 44.4 Å². The molecule has 1 aliphatic heterocycles.